The lowest BCUT2D eigenvalue weighted by atomic mass is 10.0. The highest BCUT2D eigenvalue weighted by Crippen LogP contribution is 2.29. The van der Waals surface area contributed by atoms with Crippen molar-refractivity contribution in [3.05, 3.63) is 35.9 Å². The molecule has 3 N–H and O–H groups in total. The van der Waals surface area contributed by atoms with Crippen LogP contribution in [0.1, 0.15) is 24.8 Å². The summed E-state index contributed by atoms with van der Waals surface area (Å²) >= 11 is 0. The van der Waals surface area contributed by atoms with Gasteiger partial charge in [-0.1, -0.05) is 30.3 Å². The second-order valence-corrected chi connectivity index (χ2v) is 7.15. The van der Waals surface area contributed by atoms with Gasteiger partial charge in [-0.05, 0) is 18.4 Å². The predicted molar refractivity (Wildman–Crippen MR) is 93.9 cm³/mol. The van der Waals surface area contributed by atoms with Crippen molar-refractivity contribution < 1.29 is 24.5 Å². The van der Waals surface area contributed by atoms with Crippen LogP contribution in [0.2, 0.25) is 0 Å². The van der Waals surface area contributed by atoms with E-state index < -0.39 is 24.4 Å². The molecule has 4 unspecified atom stereocenters. The minimum Gasteiger partial charge on any atom is -0.388 e. The molecular formula is C19H26N2O5. The van der Waals surface area contributed by atoms with Crippen molar-refractivity contribution in [3.63, 3.8) is 0 Å². The van der Waals surface area contributed by atoms with Crippen LogP contribution in [-0.4, -0.2) is 64.9 Å². The molecular weight excluding hydrogens is 336 g/mol. The lowest BCUT2D eigenvalue weighted by Gasteiger charge is -2.21. The number of aliphatic hydroxyl groups is 2. The van der Waals surface area contributed by atoms with Crippen molar-refractivity contribution in [2.24, 2.45) is 5.92 Å². The Balaban J connectivity index is 1.48. The molecule has 1 aromatic rings. The number of aliphatic hydroxyl groups excluding tert-OH is 2. The van der Waals surface area contributed by atoms with E-state index in [1.54, 1.807) is 11.9 Å². The molecule has 3 rings (SSSR count). The van der Waals surface area contributed by atoms with E-state index in [1.807, 2.05) is 30.3 Å². The SMILES string of the molecule is CN(Cc1ccccc1)C(=O)CC1OC(CNC(=O)C2CC2)C(O)C1O. The zero-order chi connectivity index (χ0) is 18.7. The molecule has 26 heavy (non-hydrogen) atoms. The highest BCUT2D eigenvalue weighted by atomic mass is 16.5. The summed E-state index contributed by atoms with van der Waals surface area (Å²) in [6, 6.07) is 9.61. The number of amides is 2. The second kappa shape index (κ2) is 8.16. The highest BCUT2D eigenvalue weighted by molar-refractivity contribution is 5.80. The van der Waals surface area contributed by atoms with Crippen LogP contribution in [-0.2, 0) is 20.9 Å². The molecule has 7 nitrogen and oxygen atoms in total. The van der Waals surface area contributed by atoms with Crippen molar-refractivity contribution in [3.8, 4) is 0 Å². The zero-order valence-electron chi connectivity index (χ0n) is 14.9. The van der Waals surface area contributed by atoms with E-state index in [4.69, 9.17) is 4.74 Å². The van der Waals surface area contributed by atoms with Gasteiger partial charge in [-0.15, -0.1) is 0 Å². The van der Waals surface area contributed by atoms with Crippen LogP contribution in [0, 0.1) is 5.92 Å². The molecule has 0 bridgehead atoms. The van der Waals surface area contributed by atoms with E-state index in [2.05, 4.69) is 5.32 Å². The van der Waals surface area contributed by atoms with Gasteiger partial charge in [0.15, 0.2) is 0 Å². The molecule has 2 amide bonds. The van der Waals surface area contributed by atoms with Gasteiger partial charge in [-0.3, -0.25) is 9.59 Å². The van der Waals surface area contributed by atoms with Gasteiger partial charge in [-0.2, -0.15) is 0 Å². The van der Waals surface area contributed by atoms with Gasteiger partial charge in [0.25, 0.3) is 0 Å². The molecule has 7 heteroatoms. The first kappa shape index (κ1) is 18.8. The Morgan fingerprint density at radius 1 is 1.15 bits per heavy atom. The fraction of sp³-hybridized carbons (Fsp3) is 0.579. The Morgan fingerprint density at radius 3 is 2.46 bits per heavy atom. The van der Waals surface area contributed by atoms with Gasteiger partial charge in [0.2, 0.25) is 11.8 Å². The number of rotatable bonds is 7. The fourth-order valence-electron chi connectivity index (χ4n) is 3.13. The van der Waals surface area contributed by atoms with E-state index >= 15 is 0 Å². The number of benzene rings is 1. The Hall–Kier alpha value is -1.96. The summed E-state index contributed by atoms with van der Waals surface area (Å²) in [5, 5.41) is 23.0. The molecule has 4 atom stereocenters. The number of ether oxygens (including phenoxy) is 1. The van der Waals surface area contributed by atoms with Gasteiger partial charge in [0.1, 0.15) is 18.3 Å². The van der Waals surface area contributed by atoms with Crippen LogP contribution < -0.4 is 5.32 Å². The molecule has 2 fully saturated rings. The van der Waals surface area contributed by atoms with Crippen LogP contribution in [0.3, 0.4) is 0 Å². The number of carbonyl (C=O) groups excluding carboxylic acids is 2. The van der Waals surface area contributed by atoms with Gasteiger partial charge < -0.3 is 25.2 Å². The molecule has 142 valence electrons. The van der Waals surface area contributed by atoms with E-state index in [-0.39, 0.29) is 30.7 Å². The van der Waals surface area contributed by atoms with Crippen molar-refractivity contribution in [2.75, 3.05) is 13.6 Å². The summed E-state index contributed by atoms with van der Waals surface area (Å²) in [7, 11) is 1.69. The fourth-order valence-corrected chi connectivity index (χ4v) is 3.13. The minimum absolute atomic E-state index is 0.0192. The summed E-state index contributed by atoms with van der Waals surface area (Å²) < 4.78 is 5.65. The highest BCUT2D eigenvalue weighted by Gasteiger charge is 2.44. The average molecular weight is 362 g/mol. The maximum Gasteiger partial charge on any atom is 0.225 e. The molecule has 1 saturated heterocycles. The molecule has 1 saturated carbocycles. The minimum atomic E-state index is -1.15. The third-order valence-corrected chi connectivity index (χ3v) is 4.95. The van der Waals surface area contributed by atoms with E-state index in [0.717, 1.165) is 18.4 Å². The first-order valence-corrected chi connectivity index (χ1v) is 9.03. The van der Waals surface area contributed by atoms with E-state index in [9.17, 15) is 19.8 Å². The van der Waals surface area contributed by atoms with Gasteiger partial charge in [0, 0.05) is 26.1 Å². The molecule has 0 radical (unpaired) electrons. The summed E-state index contributed by atoms with van der Waals surface area (Å²) in [6.45, 7) is 0.601. The van der Waals surface area contributed by atoms with Crippen LogP contribution in [0.25, 0.3) is 0 Å². The number of nitrogens with one attached hydrogen (secondary N) is 1. The molecule has 1 aliphatic heterocycles. The van der Waals surface area contributed by atoms with Crippen LogP contribution in [0.5, 0.6) is 0 Å². The predicted octanol–water partition coefficient (Wildman–Crippen LogP) is 0.0505. The first-order valence-electron chi connectivity index (χ1n) is 9.03. The molecule has 2 aliphatic rings. The summed E-state index contributed by atoms with van der Waals surface area (Å²) in [5.74, 6) is -0.146. The van der Waals surface area contributed by atoms with Gasteiger partial charge >= 0.3 is 0 Å². The smallest absolute Gasteiger partial charge is 0.225 e. The number of carbonyl (C=O) groups is 2. The van der Waals surface area contributed by atoms with E-state index in [0.29, 0.717) is 6.54 Å². The largest absolute Gasteiger partial charge is 0.388 e. The summed E-state index contributed by atoms with van der Waals surface area (Å²) in [4.78, 5) is 25.7. The monoisotopic (exact) mass is 362 g/mol. The number of hydrogen-bond acceptors (Lipinski definition) is 5. The van der Waals surface area contributed by atoms with Crippen LogP contribution in [0.15, 0.2) is 30.3 Å². The maximum atomic E-state index is 12.4. The molecule has 0 aromatic heterocycles. The standard InChI is InChI=1S/C19H26N2O5/c1-21(11-12-5-3-2-4-6-12)16(22)9-14-17(23)18(24)15(26-14)10-20-19(25)13-7-8-13/h2-6,13-15,17-18,23-24H,7-11H2,1H3,(H,20,25). The van der Waals surface area contributed by atoms with Crippen molar-refractivity contribution in [1.82, 2.24) is 10.2 Å². The maximum absolute atomic E-state index is 12.4. The first-order chi connectivity index (χ1) is 12.5. The van der Waals surface area contributed by atoms with Gasteiger partial charge in [-0.25, -0.2) is 0 Å². The van der Waals surface area contributed by atoms with Crippen molar-refractivity contribution in [2.45, 2.75) is 50.2 Å². The van der Waals surface area contributed by atoms with Crippen LogP contribution in [0.4, 0.5) is 0 Å². The normalized spacial score (nSPS) is 28.0. The second-order valence-electron chi connectivity index (χ2n) is 7.15. The number of hydrogen-bond donors (Lipinski definition) is 3. The summed E-state index contributed by atoms with van der Waals surface area (Å²) in [6.07, 6.45) is -1.97. The average Bonchev–Trinajstić information content (AvgIpc) is 3.45. The molecule has 1 aliphatic carbocycles. The number of nitrogens with zero attached hydrogens (tertiary/aromatic N) is 1. The Bertz CT molecular complexity index is 634. The Labute approximate surface area is 152 Å². The quantitative estimate of drug-likeness (QED) is 0.637. The van der Waals surface area contributed by atoms with Crippen molar-refractivity contribution in [1.29, 1.82) is 0 Å². The molecule has 0 spiro atoms. The molecule has 1 heterocycles. The lowest BCUT2D eigenvalue weighted by molar-refractivity contribution is -0.134. The third kappa shape index (κ3) is 4.60. The van der Waals surface area contributed by atoms with Crippen molar-refractivity contribution >= 4 is 11.8 Å². The molecule has 1 aromatic carbocycles. The van der Waals surface area contributed by atoms with E-state index in [1.165, 1.54) is 0 Å². The Kier molecular flexibility index (Phi) is 5.90. The summed E-state index contributed by atoms with van der Waals surface area (Å²) in [5.41, 5.74) is 1.01. The lowest BCUT2D eigenvalue weighted by Crippen LogP contribution is -2.40. The zero-order valence-corrected chi connectivity index (χ0v) is 14.9. The van der Waals surface area contributed by atoms with Crippen LogP contribution >= 0.6 is 0 Å². The Morgan fingerprint density at radius 2 is 1.81 bits per heavy atom. The third-order valence-electron chi connectivity index (χ3n) is 4.95. The van der Waals surface area contributed by atoms with Gasteiger partial charge in [0.05, 0.1) is 12.5 Å². The topological polar surface area (TPSA) is 99.1 Å².